The van der Waals surface area contributed by atoms with E-state index in [0.29, 0.717) is 38.7 Å². The first kappa shape index (κ1) is 15.0. The molecule has 0 unspecified atom stereocenters. The predicted octanol–water partition coefficient (Wildman–Crippen LogP) is 0.928. The minimum Gasteiger partial charge on any atom is -0.338 e. The van der Waals surface area contributed by atoms with Gasteiger partial charge in [-0.25, -0.2) is 9.97 Å². The topological polar surface area (TPSA) is 58.3 Å². The number of hydrogen-bond acceptors (Lipinski definition) is 5. The fourth-order valence-corrected chi connectivity index (χ4v) is 2.19. The van der Waals surface area contributed by atoms with Crippen LogP contribution in [0.5, 0.6) is 0 Å². The molecule has 0 radical (unpaired) electrons. The number of aryl methyl sites for hydroxylation is 1. The number of rotatable bonds is 3. The standard InChI is InChI=1S/C12H18F3N5/c1-9-10(6-16)7-17-11(18-9)20-4-2-19(3-5-20)8-12(13,14)15/h7H,2-6,8,16H2,1H3. The van der Waals surface area contributed by atoms with Gasteiger partial charge in [0.25, 0.3) is 0 Å². The first-order valence-corrected chi connectivity index (χ1v) is 6.45. The molecular weight excluding hydrogens is 271 g/mol. The van der Waals surface area contributed by atoms with Crippen LogP contribution in [-0.4, -0.2) is 53.8 Å². The van der Waals surface area contributed by atoms with Crippen molar-refractivity contribution in [3.8, 4) is 0 Å². The molecule has 2 rings (SSSR count). The van der Waals surface area contributed by atoms with Gasteiger partial charge in [0.05, 0.1) is 6.54 Å². The number of halogens is 3. The number of alkyl halides is 3. The fraction of sp³-hybridized carbons (Fsp3) is 0.667. The van der Waals surface area contributed by atoms with E-state index in [1.165, 1.54) is 4.90 Å². The van der Waals surface area contributed by atoms with Crippen molar-refractivity contribution in [1.82, 2.24) is 14.9 Å². The van der Waals surface area contributed by atoms with E-state index in [1.54, 1.807) is 6.20 Å². The molecule has 5 nitrogen and oxygen atoms in total. The summed E-state index contributed by atoms with van der Waals surface area (Å²) in [7, 11) is 0. The zero-order valence-electron chi connectivity index (χ0n) is 11.3. The van der Waals surface area contributed by atoms with E-state index < -0.39 is 12.7 Å². The van der Waals surface area contributed by atoms with Gasteiger partial charge >= 0.3 is 6.18 Å². The first-order valence-electron chi connectivity index (χ1n) is 6.45. The summed E-state index contributed by atoms with van der Waals surface area (Å²) in [5.41, 5.74) is 7.24. The largest absolute Gasteiger partial charge is 0.401 e. The Morgan fingerprint density at radius 1 is 1.25 bits per heavy atom. The number of hydrogen-bond donors (Lipinski definition) is 1. The van der Waals surface area contributed by atoms with Crippen molar-refractivity contribution in [2.75, 3.05) is 37.6 Å². The third kappa shape index (κ3) is 3.80. The van der Waals surface area contributed by atoms with Crippen molar-refractivity contribution >= 4 is 5.95 Å². The van der Waals surface area contributed by atoms with E-state index in [0.717, 1.165) is 11.3 Å². The molecule has 0 spiro atoms. The average molecular weight is 289 g/mol. The quantitative estimate of drug-likeness (QED) is 0.897. The van der Waals surface area contributed by atoms with Gasteiger partial charge in [-0.15, -0.1) is 0 Å². The van der Waals surface area contributed by atoms with Crippen molar-refractivity contribution in [2.24, 2.45) is 5.73 Å². The molecule has 0 aliphatic carbocycles. The molecule has 1 saturated heterocycles. The van der Waals surface area contributed by atoms with Crippen molar-refractivity contribution < 1.29 is 13.2 Å². The summed E-state index contributed by atoms with van der Waals surface area (Å²) >= 11 is 0. The van der Waals surface area contributed by atoms with Crippen LogP contribution in [0, 0.1) is 6.92 Å². The molecular formula is C12H18F3N5. The van der Waals surface area contributed by atoms with Gasteiger partial charge in [-0.3, -0.25) is 4.90 Å². The van der Waals surface area contributed by atoms with Crippen molar-refractivity contribution in [1.29, 1.82) is 0 Å². The zero-order valence-corrected chi connectivity index (χ0v) is 11.3. The third-order valence-corrected chi connectivity index (χ3v) is 3.35. The van der Waals surface area contributed by atoms with Crippen LogP contribution in [0.2, 0.25) is 0 Å². The van der Waals surface area contributed by atoms with E-state index in [2.05, 4.69) is 9.97 Å². The maximum atomic E-state index is 12.3. The Balaban J connectivity index is 1.95. The van der Waals surface area contributed by atoms with Gasteiger partial charge in [-0.05, 0) is 6.92 Å². The van der Waals surface area contributed by atoms with Gasteiger partial charge in [0.1, 0.15) is 0 Å². The molecule has 0 saturated carbocycles. The van der Waals surface area contributed by atoms with Gasteiger partial charge in [-0.1, -0.05) is 0 Å². The highest BCUT2D eigenvalue weighted by Crippen LogP contribution is 2.19. The minimum atomic E-state index is -4.14. The van der Waals surface area contributed by atoms with E-state index in [1.807, 2.05) is 11.8 Å². The molecule has 20 heavy (non-hydrogen) atoms. The Morgan fingerprint density at radius 3 is 2.40 bits per heavy atom. The number of piperazine rings is 1. The van der Waals surface area contributed by atoms with Crippen LogP contribution in [0.4, 0.5) is 19.1 Å². The van der Waals surface area contributed by atoms with E-state index >= 15 is 0 Å². The lowest BCUT2D eigenvalue weighted by Gasteiger charge is -2.35. The van der Waals surface area contributed by atoms with Gasteiger partial charge in [0.15, 0.2) is 0 Å². The summed E-state index contributed by atoms with van der Waals surface area (Å²) in [6.07, 6.45) is -2.46. The summed E-state index contributed by atoms with van der Waals surface area (Å²) in [6.45, 7) is 3.10. The molecule has 8 heteroatoms. The SMILES string of the molecule is Cc1nc(N2CCN(CC(F)(F)F)CC2)ncc1CN. The smallest absolute Gasteiger partial charge is 0.338 e. The number of nitrogens with two attached hydrogens (primary N) is 1. The van der Waals surface area contributed by atoms with Crippen molar-refractivity contribution in [3.63, 3.8) is 0 Å². The van der Waals surface area contributed by atoms with Crippen LogP contribution in [0.25, 0.3) is 0 Å². The maximum absolute atomic E-state index is 12.3. The third-order valence-electron chi connectivity index (χ3n) is 3.35. The Hall–Kier alpha value is -1.41. The van der Waals surface area contributed by atoms with Gasteiger partial charge in [-0.2, -0.15) is 13.2 Å². The molecule has 0 aromatic carbocycles. The number of anilines is 1. The highest BCUT2D eigenvalue weighted by molar-refractivity contribution is 5.33. The molecule has 0 amide bonds. The second-order valence-corrected chi connectivity index (χ2v) is 4.86. The number of aromatic nitrogens is 2. The molecule has 1 aromatic heterocycles. The summed E-state index contributed by atoms with van der Waals surface area (Å²) in [5, 5.41) is 0. The second kappa shape index (κ2) is 5.92. The lowest BCUT2D eigenvalue weighted by Crippen LogP contribution is -2.49. The molecule has 2 heterocycles. The van der Waals surface area contributed by atoms with E-state index in [-0.39, 0.29) is 0 Å². The van der Waals surface area contributed by atoms with E-state index in [9.17, 15) is 13.2 Å². The van der Waals surface area contributed by atoms with Crippen LogP contribution in [0.15, 0.2) is 6.20 Å². The minimum absolute atomic E-state index is 0.362. The monoisotopic (exact) mass is 289 g/mol. The number of nitrogens with zero attached hydrogens (tertiary/aromatic N) is 4. The Labute approximate surface area is 115 Å². The highest BCUT2D eigenvalue weighted by atomic mass is 19.4. The molecule has 1 fully saturated rings. The Morgan fingerprint density at radius 2 is 1.90 bits per heavy atom. The molecule has 1 aliphatic heterocycles. The summed E-state index contributed by atoms with van der Waals surface area (Å²) < 4.78 is 36.9. The molecule has 1 aliphatic rings. The zero-order chi connectivity index (χ0) is 14.8. The summed E-state index contributed by atoms with van der Waals surface area (Å²) in [5.74, 6) is 0.561. The van der Waals surface area contributed by atoms with Crippen LogP contribution < -0.4 is 10.6 Å². The maximum Gasteiger partial charge on any atom is 0.401 e. The summed E-state index contributed by atoms with van der Waals surface area (Å²) in [6, 6.07) is 0. The Kier molecular flexibility index (Phi) is 4.44. The molecule has 112 valence electrons. The highest BCUT2D eigenvalue weighted by Gasteiger charge is 2.32. The molecule has 0 atom stereocenters. The van der Waals surface area contributed by atoms with Gasteiger partial charge in [0, 0.05) is 50.2 Å². The van der Waals surface area contributed by atoms with Crippen LogP contribution in [0.1, 0.15) is 11.3 Å². The molecule has 2 N–H and O–H groups in total. The Bertz CT molecular complexity index is 455. The van der Waals surface area contributed by atoms with Crippen LogP contribution in [0.3, 0.4) is 0 Å². The molecule has 0 bridgehead atoms. The van der Waals surface area contributed by atoms with Gasteiger partial charge < -0.3 is 10.6 Å². The first-order chi connectivity index (χ1) is 9.39. The normalized spacial score (nSPS) is 17.6. The van der Waals surface area contributed by atoms with Crippen LogP contribution in [-0.2, 0) is 6.54 Å². The predicted molar refractivity (Wildman–Crippen MR) is 69.4 cm³/mol. The fourth-order valence-electron chi connectivity index (χ4n) is 2.19. The lowest BCUT2D eigenvalue weighted by molar-refractivity contribution is -0.146. The van der Waals surface area contributed by atoms with Crippen molar-refractivity contribution in [3.05, 3.63) is 17.5 Å². The van der Waals surface area contributed by atoms with Gasteiger partial charge in [0.2, 0.25) is 5.95 Å². The van der Waals surface area contributed by atoms with E-state index in [4.69, 9.17) is 5.73 Å². The second-order valence-electron chi connectivity index (χ2n) is 4.86. The van der Waals surface area contributed by atoms with Crippen molar-refractivity contribution in [2.45, 2.75) is 19.6 Å². The molecule has 1 aromatic rings. The van der Waals surface area contributed by atoms with Crippen LogP contribution >= 0.6 is 0 Å². The summed E-state index contributed by atoms with van der Waals surface area (Å²) in [4.78, 5) is 11.9. The lowest BCUT2D eigenvalue weighted by atomic mass is 10.2. The average Bonchev–Trinajstić information content (AvgIpc) is 2.37.